The molecule has 0 spiro atoms. The molecule has 0 fully saturated rings. The third-order valence-corrected chi connectivity index (χ3v) is 8.13. The van der Waals surface area contributed by atoms with Gasteiger partial charge in [-0.3, -0.25) is 0 Å². The first-order valence-corrected chi connectivity index (χ1v) is 16.2. The molecule has 50 heavy (non-hydrogen) atoms. The van der Waals surface area contributed by atoms with Gasteiger partial charge in [-0.2, -0.15) is 0 Å². The number of benzene rings is 6. The molecule has 8 heteroatoms. The molecule has 0 radical (unpaired) electrons. The minimum Gasteiger partial charge on any atom is -0.497 e. The number of nitrogens with zero attached hydrogens (tertiary/aromatic N) is 2. The lowest BCUT2D eigenvalue weighted by atomic mass is 10.2. The zero-order chi connectivity index (χ0) is 34.7. The van der Waals surface area contributed by atoms with Gasteiger partial charge in [0, 0.05) is 34.1 Å². The van der Waals surface area contributed by atoms with Crippen LogP contribution in [0.5, 0.6) is 34.5 Å². The van der Waals surface area contributed by atoms with Crippen LogP contribution in [0.4, 0.5) is 34.1 Å². The molecule has 0 atom stereocenters. The SMILES string of the molecule is COc1ccc(N(c2ccc(OC)cc2)c2ccc(OCCOc3ccc(N(c4ccc(OC)cc4)c4ccc(OC)cc4)cc3)cc2)cc1. The first kappa shape index (κ1) is 33.6. The second kappa shape index (κ2) is 16.2. The Morgan fingerprint density at radius 3 is 0.640 bits per heavy atom. The Kier molecular flexibility index (Phi) is 10.9. The second-order valence-electron chi connectivity index (χ2n) is 11.1. The predicted molar refractivity (Wildman–Crippen MR) is 199 cm³/mol. The molecule has 0 saturated heterocycles. The molecule has 0 aliphatic rings. The van der Waals surface area contributed by atoms with Gasteiger partial charge in [0.05, 0.1) is 28.4 Å². The smallest absolute Gasteiger partial charge is 0.122 e. The Hall–Kier alpha value is -6.28. The molecule has 0 heterocycles. The van der Waals surface area contributed by atoms with Crippen LogP contribution in [-0.2, 0) is 0 Å². The van der Waals surface area contributed by atoms with Crippen molar-refractivity contribution < 1.29 is 28.4 Å². The molecule has 0 saturated carbocycles. The van der Waals surface area contributed by atoms with Crippen molar-refractivity contribution in [1.29, 1.82) is 0 Å². The summed E-state index contributed by atoms with van der Waals surface area (Å²) in [5, 5.41) is 0. The molecular formula is C42H40N2O6. The molecular weight excluding hydrogens is 628 g/mol. The summed E-state index contributed by atoms with van der Waals surface area (Å²) in [5.74, 6) is 4.71. The number of ether oxygens (including phenoxy) is 6. The third-order valence-electron chi connectivity index (χ3n) is 8.13. The zero-order valence-electron chi connectivity index (χ0n) is 28.6. The molecule has 0 N–H and O–H groups in total. The molecule has 6 rings (SSSR count). The van der Waals surface area contributed by atoms with E-state index < -0.39 is 0 Å². The maximum atomic E-state index is 6.04. The molecule has 254 valence electrons. The fourth-order valence-corrected chi connectivity index (χ4v) is 5.52. The van der Waals surface area contributed by atoms with Crippen LogP contribution in [0.1, 0.15) is 0 Å². The van der Waals surface area contributed by atoms with Crippen molar-refractivity contribution >= 4 is 34.1 Å². The van der Waals surface area contributed by atoms with Crippen LogP contribution in [0.25, 0.3) is 0 Å². The third kappa shape index (κ3) is 8.05. The molecule has 0 aromatic heterocycles. The summed E-state index contributed by atoms with van der Waals surface area (Å²) in [4.78, 5) is 4.33. The van der Waals surface area contributed by atoms with E-state index in [-0.39, 0.29) is 0 Å². The van der Waals surface area contributed by atoms with Crippen molar-refractivity contribution in [3.8, 4) is 34.5 Å². The highest BCUT2D eigenvalue weighted by Crippen LogP contribution is 2.38. The molecule has 6 aromatic rings. The van der Waals surface area contributed by atoms with E-state index in [4.69, 9.17) is 28.4 Å². The molecule has 0 unspecified atom stereocenters. The summed E-state index contributed by atoms with van der Waals surface area (Å²) in [5.41, 5.74) is 5.98. The average Bonchev–Trinajstić information content (AvgIpc) is 3.19. The summed E-state index contributed by atoms with van der Waals surface area (Å²) in [7, 11) is 6.66. The van der Waals surface area contributed by atoms with Crippen molar-refractivity contribution in [1.82, 2.24) is 0 Å². The van der Waals surface area contributed by atoms with E-state index >= 15 is 0 Å². The number of rotatable bonds is 15. The summed E-state index contributed by atoms with van der Waals surface area (Å²) < 4.78 is 33.6. The first-order chi connectivity index (χ1) is 24.6. The molecule has 0 aliphatic carbocycles. The van der Waals surface area contributed by atoms with Crippen LogP contribution in [-0.4, -0.2) is 41.7 Å². The van der Waals surface area contributed by atoms with Crippen molar-refractivity contribution in [2.45, 2.75) is 0 Å². The maximum absolute atomic E-state index is 6.04. The Bertz CT molecular complexity index is 1670. The van der Waals surface area contributed by atoms with Crippen molar-refractivity contribution in [3.05, 3.63) is 146 Å². The molecule has 0 amide bonds. The topological polar surface area (TPSA) is 61.9 Å². The Morgan fingerprint density at radius 2 is 0.460 bits per heavy atom. The van der Waals surface area contributed by atoms with Crippen LogP contribution >= 0.6 is 0 Å². The highest BCUT2D eigenvalue weighted by Gasteiger charge is 2.15. The van der Waals surface area contributed by atoms with Gasteiger partial charge in [-0.25, -0.2) is 0 Å². The van der Waals surface area contributed by atoms with Crippen molar-refractivity contribution in [2.24, 2.45) is 0 Å². The van der Waals surface area contributed by atoms with Crippen LogP contribution in [0, 0.1) is 0 Å². The lowest BCUT2D eigenvalue weighted by molar-refractivity contribution is 0.217. The minimum atomic E-state index is 0.394. The van der Waals surface area contributed by atoms with E-state index in [0.717, 1.165) is 68.6 Å². The van der Waals surface area contributed by atoms with Crippen molar-refractivity contribution in [3.63, 3.8) is 0 Å². The summed E-state index contributed by atoms with van der Waals surface area (Å²) in [6.45, 7) is 0.789. The molecule has 0 bridgehead atoms. The van der Waals surface area contributed by atoms with Crippen LogP contribution < -0.4 is 38.2 Å². The average molecular weight is 669 g/mol. The van der Waals surface area contributed by atoms with Gasteiger partial charge in [0.1, 0.15) is 47.7 Å². The molecule has 6 aromatic carbocycles. The summed E-state index contributed by atoms with van der Waals surface area (Å²) >= 11 is 0. The number of anilines is 6. The Balaban J connectivity index is 1.09. The standard InChI is InChI=1S/C42H40N2O6/c1-45-37-17-5-31(6-18-37)43(32-7-19-38(46-2)20-8-32)35-13-25-41(26-14-35)49-29-30-50-42-27-15-36(16-28-42)44(33-9-21-39(47-3)22-10-33)34-11-23-40(48-4)24-12-34/h5-28H,29-30H2,1-4H3. The minimum absolute atomic E-state index is 0.394. The summed E-state index contributed by atoms with van der Waals surface area (Å²) in [6, 6.07) is 48.0. The van der Waals surface area contributed by atoms with Gasteiger partial charge in [0.2, 0.25) is 0 Å². The predicted octanol–water partition coefficient (Wildman–Crippen LogP) is 10.1. The number of hydrogen-bond acceptors (Lipinski definition) is 8. The van der Waals surface area contributed by atoms with E-state index in [9.17, 15) is 0 Å². The van der Waals surface area contributed by atoms with Crippen molar-refractivity contribution in [2.75, 3.05) is 51.5 Å². The van der Waals surface area contributed by atoms with Gasteiger partial charge in [0.25, 0.3) is 0 Å². The van der Waals surface area contributed by atoms with Gasteiger partial charge in [0.15, 0.2) is 0 Å². The maximum Gasteiger partial charge on any atom is 0.122 e. The largest absolute Gasteiger partial charge is 0.497 e. The lowest BCUT2D eigenvalue weighted by Crippen LogP contribution is -2.11. The van der Waals surface area contributed by atoms with Gasteiger partial charge < -0.3 is 38.2 Å². The van der Waals surface area contributed by atoms with E-state index in [1.165, 1.54) is 0 Å². The Labute approximate surface area is 293 Å². The highest BCUT2D eigenvalue weighted by molar-refractivity contribution is 5.78. The normalized spacial score (nSPS) is 10.6. The number of hydrogen-bond donors (Lipinski definition) is 0. The van der Waals surface area contributed by atoms with Gasteiger partial charge in [-0.15, -0.1) is 0 Å². The monoisotopic (exact) mass is 668 g/mol. The van der Waals surface area contributed by atoms with Gasteiger partial charge >= 0.3 is 0 Å². The highest BCUT2D eigenvalue weighted by atomic mass is 16.5. The second-order valence-corrected chi connectivity index (χ2v) is 11.1. The van der Waals surface area contributed by atoms with E-state index in [0.29, 0.717) is 13.2 Å². The van der Waals surface area contributed by atoms with Crippen LogP contribution in [0.2, 0.25) is 0 Å². The zero-order valence-corrected chi connectivity index (χ0v) is 28.6. The van der Waals surface area contributed by atoms with Gasteiger partial charge in [-0.1, -0.05) is 0 Å². The van der Waals surface area contributed by atoms with E-state index in [2.05, 4.69) is 9.80 Å². The lowest BCUT2D eigenvalue weighted by Gasteiger charge is -2.26. The fraction of sp³-hybridized carbons (Fsp3) is 0.143. The van der Waals surface area contributed by atoms with Crippen LogP contribution in [0.15, 0.2) is 146 Å². The van der Waals surface area contributed by atoms with Gasteiger partial charge in [-0.05, 0) is 146 Å². The quantitative estimate of drug-likeness (QED) is 0.100. The Morgan fingerprint density at radius 1 is 0.280 bits per heavy atom. The fourth-order valence-electron chi connectivity index (χ4n) is 5.52. The van der Waals surface area contributed by atoms with E-state index in [1.54, 1.807) is 28.4 Å². The molecule has 0 aliphatic heterocycles. The first-order valence-electron chi connectivity index (χ1n) is 16.2. The number of methoxy groups -OCH3 is 4. The molecule has 8 nitrogen and oxygen atoms in total. The van der Waals surface area contributed by atoms with E-state index in [1.807, 2.05) is 146 Å². The van der Waals surface area contributed by atoms with Crippen LogP contribution in [0.3, 0.4) is 0 Å². The summed E-state index contributed by atoms with van der Waals surface area (Å²) in [6.07, 6.45) is 0.